The molecule has 0 saturated carbocycles. The quantitative estimate of drug-likeness (QED) is 0.0141. The number of hydrogen-bond donors (Lipinski definition) is 5. The molecule has 26 heteroatoms. The highest BCUT2D eigenvalue weighted by atomic mass is 35.5. The number of morpholine rings is 1. The fraction of sp³-hybridized carbons (Fsp3) is 0.518. The molecule has 5 atom stereocenters. The van der Waals surface area contributed by atoms with Crippen LogP contribution < -0.4 is 30.9 Å². The number of halogens is 4. The summed E-state index contributed by atoms with van der Waals surface area (Å²) in [4.78, 5) is 82.6. The van der Waals surface area contributed by atoms with Crippen LogP contribution in [0.15, 0.2) is 147 Å². The number of ether oxygens (including phenoxy) is 1. The standard InChI is InChI=1S/C83H108ClF3N10O8S4/c1-58(60-25-27-62(28-26-60)76-59(2)89-57-107-76)90-79(101)72-22-19-42-97(72)80(102)77(81(3,4)5)92-75(99)24-18-13-11-9-7-8-10-12-17-23-74(98)88-56-82(6)41-39-70(61-29-33-65(84)34-30-61)64(53-82)54-95-44-46-96(47-45-95)67-35-31-63(32-36-67)78(100)93-108-69-37-38-71(73(52-69)109(103,104)83(85,86)87)91-66(40-43-94-48-50-105-51-49-94)55-106-68-20-15-14-16-21-68/h14-16,20-21,25-38,52,57-58,66,72,77,91H,7-13,17-19,22-24,39-51,53-56H2,1-6H3,(H,88,98)(H,90,101)(H,92,99)(H,93,100)/t58-,66+,72-,77+,82?/m0/s1. The summed E-state index contributed by atoms with van der Waals surface area (Å²) >= 11 is 10.2. The number of alkyl halides is 3. The number of allylic oxidation sites excluding steroid dienone is 1. The number of anilines is 2. The summed E-state index contributed by atoms with van der Waals surface area (Å²) in [5, 5.41) is 13.4. The van der Waals surface area contributed by atoms with E-state index in [4.69, 9.17) is 16.3 Å². The Morgan fingerprint density at radius 2 is 1.40 bits per heavy atom. The third kappa shape index (κ3) is 24.5. The number of rotatable bonds is 36. The lowest BCUT2D eigenvalue weighted by molar-refractivity contribution is -0.144. The number of nitrogens with zero attached hydrogens (tertiary/aromatic N) is 5. The molecule has 5 N–H and O–H groups in total. The van der Waals surface area contributed by atoms with Crippen LogP contribution in [-0.2, 0) is 33.8 Å². The summed E-state index contributed by atoms with van der Waals surface area (Å²) in [7, 11) is -5.80. The van der Waals surface area contributed by atoms with Crippen molar-refractivity contribution in [3.8, 4) is 10.4 Å². The first kappa shape index (κ1) is 84.5. The molecule has 5 aromatic carbocycles. The van der Waals surface area contributed by atoms with Gasteiger partial charge in [0.05, 0.1) is 41.0 Å². The van der Waals surface area contributed by atoms with Gasteiger partial charge in [-0.05, 0) is 177 Å². The van der Waals surface area contributed by atoms with Crippen LogP contribution in [0.25, 0.3) is 16.0 Å². The zero-order chi connectivity index (χ0) is 77.7. The highest BCUT2D eigenvalue weighted by Gasteiger charge is 2.49. The number of carbonyl (C=O) groups excluding carboxylic acids is 5. The molecular weight excluding hydrogens is 1490 g/mol. The van der Waals surface area contributed by atoms with Crippen LogP contribution in [0.2, 0.25) is 5.02 Å². The number of thiazole rings is 1. The molecule has 109 heavy (non-hydrogen) atoms. The maximum Gasteiger partial charge on any atom is 0.501 e. The zero-order valence-electron chi connectivity index (χ0n) is 63.8. The van der Waals surface area contributed by atoms with Gasteiger partial charge in [-0.1, -0.05) is 144 Å². The molecule has 0 bridgehead atoms. The van der Waals surface area contributed by atoms with E-state index in [1.807, 2.05) is 107 Å². The van der Waals surface area contributed by atoms with E-state index in [-0.39, 0.29) is 51.7 Å². The molecule has 18 nitrogen and oxygen atoms in total. The number of hydrogen-bond acceptors (Lipinski definition) is 16. The van der Waals surface area contributed by atoms with Crippen molar-refractivity contribution in [2.75, 3.05) is 94.6 Å². The van der Waals surface area contributed by atoms with Gasteiger partial charge in [-0.15, -0.1) is 23.1 Å². The van der Waals surface area contributed by atoms with Gasteiger partial charge in [0.25, 0.3) is 15.7 Å². The molecule has 4 heterocycles. The minimum atomic E-state index is -5.80. The number of thioether (sulfide) groups is 1. The van der Waals surface area contributed by atoms with Gasteiger partial charge in [0.15, 0.2) is 0 Å². The number of unbranched alkanes of at least 4 members (excludes halogenated alkanes) is 8. The van der Waals surface area contributed by atoms with Gasteiger partial charge < -0.3 is 35.8 Å². The first-order chi connectivity index (χ1) is 52.2. The van der Waals surface area contributed by atoms with Crippen molar-refractivity contribution in [1.82, 2.24) is 40.4 Å². The second-order valence-corrected chi connectivity index (χ2v) is 36.0. The van der Waals surface area contributed by atoms with E-state index < -0.39 is 43.6 Å². The average Bonchev–Trinajstić information content (AvgIpc) is 1.35. The van der Waals surface area contributed by atoms with Crippen LogP contribution in [0.5, 0.6) is 0 Å². The molecule has 0 spiro atoms. The molecule has 5 amide bonds. The number of benzene rings is 5. The van der Waals surface area contributed by atoms with Gasteiger partial charge in [-0.25, -0.2) is 13.4 Å². The van der Waals surface area contributed by atoms with Gasteiger partial charge in [0, 0.05) is 116 Å². The molecule has 1 unspecified atom stereocenters. The van der Waals surface area contributed by atoms with Crippen LogP contribution in [0.4, 0.5) is 24.5 Å². The molecule has 4 aliphatic rings. The summed E-state index contributed by atoms with van der Waals surface area (Å²) < 4.78 is 77.6. The highest BCUT2D eigenvalue weighted by molar-refractivity contribution is 7.99. The summed E-state index contributed by atoms with van der Waals surface area (Å²) in [5.74, 6) is -0.493. The van der Waals surface area contributed by atoms with Crippen molar-refractivity contribution in [1.29, 1.82) is 0 Å². The molecular formula is C83H108ClF3N10O8S4. The summed E-state index contributed by atoms with van der Waals surface area (Å²) in [6.07, 6.45) is 14.1. The number of sulfone groups is 1. The summed E-state index contributed by atoms with van der Waals surface area (Å²) in [6, 6.07) is 34.8. The minimum absolute atomic E-state index is 0.0833. The fourth-order valence-electron chi connectivity index (χ4n) is 14.8. The first-order valence-corrected chi connectivity index (χ1v) is 43.1. The van der Waals surface area contributed by atoms with Gasteiger partial charge in [-0.3, -0.25) is 38.5 Å². The van der Waals surface area contributed by atoms with Crippen LogP contribution in [0.3, 0.4) is 0 Å². The minimum Gasteiger partial charge on any atom is -0.380 e. The molecule has 3 saturated heterocycles. The lowest BCUT2D eigenvalue weighted by Gasteiger charge is -2.41. The van der Waals surface area contributed by atoms with Crippen LogP contribution >= 0.6 is 46.6 Å². The molecule has 10 rings (SSSR count). The van der Waals surface area contributed by atoms with E-state index in [2.05, 4.69) is 76.9 Å². The Hall–Kier alpha value is -6.97. The van der Waals surface area contributed by atoms with Crippen molar-refractivity contribution in [3.63, 3.8) is 0 Å². The molecule has 6 aromatic rings. The highest BCUT2D eigenvalue weighted by Crippen LogP contribution is 2.44. The second-order valence-electron chi connectivity index (χ2n) is 30.9. The van der Waals surface area contributed by atoms with Crippen molar-refractivity contribution >= 4 is 103 Å². The van der Waals surface area contributed by atoms with Gasteiger partial charge >= 0.3 is 5.51 Å². The van der Waals surface area contributed by atoms with Gasteiger partial charge in [-0.2, -0.15) is 13.2 Å². The maximum atomic E-state index is 14.3. The topological polar surface area (TPSA) is 215 Å². The number of carbonyl (C=O) groups is 5. The molecule has 0 radical (unpaired) electrons. The monoisotopic (exact) mass is 1590 g/mol. The number of aryl methyl sites for hydroxylation is 1. The average molecular weight is 1590 g/mol. The predicted octanol–water partition coefficient (Wildman–Crippen LogP) is 16.4. The Balaban J connectivity index is 0.617. The second kappa shape index (κ2) is 40.0. The van der Waals surface area contributed by atoms with Crippen molar-refractivity contribution < 1.29 is 50.3 Å². The third-order valence-electron chi connectivity index (χ3n) is 21.3. The Bertz CT molecular complexity index is 4140. The number of amides is 5. The van der Waals surface area contributed by atoms with E-state index in [0.717, 1.165) is 179 Å². The van der Waals surface area contributed by atoms with Gasteiger partial charge in [0.1, 0.15) is 17.0 Å². The number of piperazine rings is 1. The van der Waals surface area contributed by atoms with Crippen molar-refractivity contribution in [2.45, 2.75) is 195 Å². The molecule has 590 valence electrons. The molecule has 1 aromatic heterocycles. The predicted molar refractivity (Wildman–Crippen MR) is 434 cm³/mol. The smallest absolute Gasteiger partial charge is 0.380 e. The number of likely N-dealkylation sites (tertiary alicyclic amines) is 1. The Morgan fingerprint density at radius 1 is 0.752 bits per heavy atom. The largest absolute Gasteiger partial charge is 0.501 e. The van der Waals surface area contributed by atoms with Crippen LogP contribution in [-0.4, -0.2) is 166 Å². The van der Waals surface area contributed by atoms with Crippen molar-refractivity contribution in [2.24, 2.45) is 10.8 Å². The van der Waals surface area contributed by atoms with E-state index >= 15 is 0 Å². The molecule has 3 fully saturated rings. The van der Waals surface area contributed by atoms with Crippen LogP contribution in [0, 0.1) is 17.8 Å². The lowest BCUT2D eigenvalue weighted by Crippen LogP contribution is -2.57. The normalized spacial score (nSPS) is 18.4. The van der Waals surface area contributed by atoms with Crippen molar-refractivity contribution in [3.05, 3.63) is 160 Å². The SMILES string of the molecule is Cc1ncsc1-c1ccc([C@H](C)NC(=O)[C@@H]2CCCN2C(=O)[C@@H](NC(=O)CCCCCCCCCCCC(=O)NCC2(C)CCC(c3ccc(Cl)cc3)=C(CN3CCN(c4ccc(C(=O)NSc5ccc(N[C@H](CCN6CCOCC6)CSc6ccccc6)c(S(=O)(=O)C(F)(F)F)c5)cc4)CC3)C2)C(C)(C)C)cc1. The van der Waals surface area contributed by atoms with E-state index in [0.29, 0.717) is 81.3 Å². The first-order valence-electron chi connectivity index (χ1n) is 38.6. The van der Waals surface area contributed by atoms with E-state index in [1.165, 1.54) is 35.0 Å². The molecule has 1 aliphatic carbocycles. The zero-order valence-corrected chi connectivity index (χ0v) is 67.8. The maximum absolute atomic E-state index is 14.3. The number of nitrogens with one attached hydrogen (secondary N) is 5. The third-order valence-corrected chi connectivity index (χ3v) is 26.0. The number of aromatic nitrogens is 1. The Kier molecular flexibility index (Phi) is 31.0. The van der Waals surface area contributed by atoms with E-state index in [9.17, 15) is 45.6 Å². The summed E-state index contributed by atoms with van der Waals surface area (Å²) in [5.41, 5.74) is 3.59. The molecule has 3 aliphatic heterocycles. The fourth-order valence-corrected chi connectivity index (χ4v) is 18.4. The lowest BCUT2D eigenvalue weighted by atomic mass is 9.71. The Labute approximate surface area is 660 Å². The Morgan fingerprint density at radius 3 is 2.05 bits per heavy atom. The van der Waals surface area contributed by atoms with E-state index in [1.54, 1.807) is 28.4 Å². The van der Waals surface area contributed by atoms with Gasteiger partial charge in [0.2, 0.25) is 23.6 Å². The van der Waals surface area contributed by atoms with Crippen LogP contribution in [0.1, 0.15) is 177 Å². The summed E-state index contributed by atoms with van der Waals surface area (Å²) in [6.45, 7) is 20.3.